The fourth-order valence-electron chi connectivity index (χ4n) is 2.76. The Bertz CT molecular complexity index is 683. The maximum atomic E-state index is 8.90. The third kappa shape index (κ3) is 2.86. The predicted molar refractivity (Wildman–Crippen MR) is 84.1 cm³/mol. The third-order valence-corrected chi connectivity index (χ3v) is 4.30. The van der Waals surface area contributed by atoms with Crippen LogP contribution in [0, 0.1) is 16.7 Å². The number of hydrogen-bond donors (Lipinski definition) is 1. The molecule has 0 saturated heterocycles. The quantitative estimate of drug-likeness (QED) is 0.878. The van der Waals surface area contributed by atoms with Crippen molar-refractivity contribution in [3.8, 4) is 11.8 Å². The van der Waals surface area contributed by atoms with Crippen molar-refractivity contribution in [2.75, 3.05) is 13.7 Å². The van der Waals surface area contributed by atoms with Crippen molar-refractivity contribution in [1.82, 2.24) is 5.32 Å². The molecule has 0 unspecified atom stereocenters. The summed E-state index contributed by atoms with van der Waals surface area (Å²) >= 11 is 0. The number of fused-ring (bicyclic) bond motifs is 1. The lowest BCUT2D eigenvalue weighted by Gasteiger charge is -2.17. The number of rotatable bonds is 6. The molecule has 1 aliphatic rings. The molecule has 0 amide bonds. The van der Waals surface area contributed by atoms with Crippen LogP contribution in [0.25, 0.3) is 10.8 Å². The van der Waals surface area contributed by atoms with Gasteiger partial charge in [0.15, 0.2) is 0 Å². The second kappa shape index (κ2) is 5.75. The molecule has 2 aromatic carbocycles. The Labute approximate surface area is 125 Å². The number of ether oxygens (including phenoxy) is 1. The number of benzene rings is 2. The minimum absolute atomic E-state index is 0.108. The second-order valence-electron chi connectivity index (χ2n) is 5.92. The number of nitrogens with one attached hydrogen (secondary N) is 1. The van der Waals surface area contributed by atoms with Gasteiger partial charge < -0.3 is 10.1 Å². The molecule has 0 atom stereocenters. The molecule has 1 aliphatic carbocycles. The molecular formula is C18H20N2O. The minimum Gasteiger partial charge on any atom is -0.493 e. The molecule has 0 spiro atoms. The fourth-order valence-corrected chi connectivity index (χ4v) is 2.76. The lowest BCUT2D eigenvalue weighted by Crippen LogP contribution is -2.14. The first-order valence-corrected chi connectivity index (χ1v) is 7.43. The lowest BCUT2D eigenvalue weighted by atomic mass is 10.0. The van der Waals surface area contributed by atoms with Crippen molar-refractivity contribution >= 4 is 10.8 Å². The van der Waals surface area contributed by atoms with Crippen LogP contribution in [-0.4, -0.2) is 13.7 Å². The number of nitriles is 1. The van der Waals surface area contributed by atoms with E-state index in [4.69, 9.17) is 10.00 Å². The van der Waals surface area contributed by atoms with Crippen LogP contribution in [0.1, 0.15) is 24.8 Å². The van der Waals surface area contributed by atoms with Gasteiger partial charge in [0, 0.05) is 23.9 Å². The molecule has 108 valence electrons. The monoisotopic (exact) mass is 280 g/mol. The van der Waals surface area contributed by atoms with Gasteiger partial charge in [-0.1, -0.05) is 30.3 Å². The summed E-state index contributed by atoms with van der Waals surface area (Å²) in [5.41, 5.74) is 1.31. The summed E-state index contributed by atoms with van der Waals surface area (Å²) in [4.78, 5) is 0. The van der Waals surface area contributed by atoms with E-state index in [9.17, 15) is 0 Å². The van der Waals surface area contributed by atoms with Gasteiger partial charge in [-0.2, -0.15) is 5.26 Å². The van der Waals surface area contributed by atoms with Gasteiger partial charge >= 0.3 is 0 Å². The molecule has 0 heterocycles. The van der Waals surface area contributed by atoms with Crippen LogP contribution < -0.4 is 10.1 Å². The first kappa shape index (κ1) is 13.9. The molecule has 0 bridgehead atoms. The van der Waals surface area contributed by atoms with E-state index in [0.717, 1.165) is 25.1 Å². The summed E-state index contributed by atoms with van der Waals surface area (Å²) < 4.78 is 6.09. The van der Waals surface area contributed by atoms with Crippen molar-refractivity contribution in [1.29, 1.82) is 5.26 Å². The van der Waals surface area contributed by atoms with E-state index in [0.29, 0.717) is 13.0 Å². The van der Waals surface area contributed by atoms with E-state index >= 15 is 0 Å². The van der Waals surface area contributed by atoms with E-state index in [-0.39, 0.29) is 5.41 Å². The summed E-state index contributed by atoms with van der Waals surface area (Å²) in [5, 5.41) is 14.6. The standard InChI is InChI=1S/C18H20N2O/c1-20-12-16-15-5-3-2-4-14(15)6-7-17(16)21-13-18(8-9-18)10-11-19/h2-7,20H,8-10,12-13H2,1H3. The molecule has 3 nitrogen and oxygen atoms in total. The van der Waals surface area contributed by atoms with E-state index < -0.39 is 0 Å². The van der Waals surface area contributed by atoms with Crippen molar-refractivity contribution < 1.29 is 4.74 Å². The average molecular weight is 280 g/mol. The van der Waals surface area contributed by atoms with Crippen LogP contribution in [0.2, 0.25) is 0 Å². The molecule has 1 N–H and O–H groups in total. The third-order valence-electron chi connectivity index (χ3n) is 4.30. The topological polar surface area (TPSA) is 45.0 Å². The Morgan fingerprint density at radius 2 is 2.05 bits per heavy atom. The number of hydrogen-bond acceptors (Lipinski definition) is 3. The van der Waals surface area contributed by atoms with E-state index in [1.807, 2.05) is 7.05 Å². The van der Waals surface area contributed by atoms with Crippen LogP contribution in [0.5, 0.6) is 5.75 Å². The van der Waals surface area contributed by atoms with Gasteiger partial charge in [0.1, 0.15) is 5.75 Å². The Kier molecular flexibility index (Phi) is 3.81. The Balaban J connectivity index is 1.87. The van der Waals surface area contributed by atoms with Crippen molar-refractivity contribution in [3.05, 3.63) is 42.0 Å². The summed E-state index contributed by atoms with van der Waals surface area (Å²) in [7, 11) is 1.95. The molecular weight excluding hydrogens is 260 g/mol. The lowest BCUT2D eigenvalue weighted by molar-refractivity contribution is 0.235. The molecule has 1 saturated carbocycles. The normalized spacial score (nSPS) is 15.6. The van der Waals surface area contributed by atoms with Gasteiger partial charge in [0.25, 0.3) is 0 Å². The molecule has 21 heavy (non-hydrogen) atoms. The van der Waals surface area contributed by atoms with Crippen LogP contribution in [0.4, 0.5) is 0 Å². The van der Waals surface area contributed by atoms with Gasteiger partial charge in [0.05, 0.1) is 12.7 Å². The van der Waals surface area contributed by atoms with Gasteiger partial charge in [0.2, 0.25) is 0 Å². The average Bonchev–Trinajstić information content (AvgIpc) is 3.27. The summed E-state index contributed by atoms with van der Waals surface area (Å²) in [5.74, 6) is 0.937. The largest absolute Gasteiger partial charge is 0.493 e. The van der Waals surface area contributed by atoms with Crippen molar-refractivity contribution in [2.24, 2.45) is 5.41 Å². The first-order chi connectivity index (χ1) is 10.3. The highest BCUT2D eigenvalue weighted by Gasteiger charge is 2.43. The van der Waals surface area contributed by atoms with Crippen LogP contribution in [-0.2, 0) is 6.54 Å². The van der Waals surface area contributed by atoms with Crippen LogP contribution in [0.15, 0.2) is 36.4 Å². The zero-order chi connectivity index (χ0) is 14.7. The zero-order valence-electron chi connectivity index (χ0n) is 12.4. The second-order valence-corrected chi connectivity index (χ2v) is 5.92. The maximum absolute atomic E-state index is 8.90. The first-order valence-electron chi connectivity index (χ1n) is 7.43. The molecule has 0 aromatic heterocycles. The molecule has 3 rings (SSSR count). The Morgan fingerprint density at radius 3 is 2.76 bits per heavy atom. The molecule has 1 fully saturated rings. The highest BCUT2D eigenvalue weighted by atomic mass is 16.5. The van der Waals surface area contributed by atoms with Gasteiger partial charge in [-0.25, -0.2) is 0 Å². The Hall–Kier alpha value is -2.05. The highest BCUT2D eigenvalue weighted by molar-refractivity contribution is 5.87. The molecule has 0 radical (unpaired) electrons. The number of nitrogens with zero attached hydrogens (tertiary/aromatic N) is 1. The Morgan fingerprint density at radius 1 is 1.24 bits per heavy atom. The minimum atomic E-state index is 0.108. The highest BCUT2D eigenvalue weighted by Crippen LogP contribution is 2.49. The SMILES string of the molecule is CNCc1c(OCC2(CC#N)CC2)ccc2ccccc12. The molecule has 2 aromatic rings. The molecule has 0 aliphatic heterocycles. The van der Waals surface area contributed by atoms with Crippen LogP contribution >= 0.6 is 0 Å². The van der Waals surface area contributed by atoms with Gasteiger partial charge in [-0.15, -0.1) is 0 Å². The van der Waals surface area contributed by atoms with Gasteiger partial charge in [-0.3, -0.25) is 0 Å². The van der Waals surface area contributed by atoms with Crippen LogP contribution in [0.3, 0.4) is 0 Å². The smallest absolute Gasteiger partial charge is 0.124 e. The van der Waals surface area contributed by atoms with E-state index in [1.165, 1.54) is 16.3 Å². The summed E-state index contributed by atoms with van der Waals surface area (Å²) in [6, 6.07) is 14.8. The van der Waals surface area contributed by atoms with Crippen molar-refractivity contribution in [2.45, 2.75) is 25.8 Å². The van der Waals surface area contributed by atoms with E-state index in [2.05, 4.69) is 47.8 Å². The fraction of sp³-hybridized carbons (Fsp3) is 0.389. The van der Waals surface area contributed by atoms with Gasteiger partial charge in [-0.05, 0) is 36.7 Å². The van der Waals surface area contributed by atoms with E-state index in [1.54, 1.807) is 0 Å². The molecule has 3 heteroatoms. The summed E-state index contributed by atoms with van der Waals surface area (Å²) in [6.07, 6.45) is 2.81. The zero-order valence-corrected chi connectivity index (χ0v) is 12.4. The maximum Gasteiger partial charge on any atom is 0.124 e. The summed E-state index contributed by atoms with van der Waals surface area (Å²) in [6.45, 7) is 1.43. The predicted octanol–water partition coefficient (Wildman–Crippen LogP) is 3.63. The van der Waals surface area contributed by atoms with Crippen molar-refractivity contribution in [3.63, 3.8) is 0 Å².